The summed E-state index contributed by atoms with van der Waals surface area (Å²) < 4.78 is 3.40. The molecule has 1 nitrogen and oxygen atoms in total. The molecule has 0 aromatic heterocycles. The molecule has 0 unspecified atom stereocenters. The minimum atomic E-state index is -0.118. The first-order valence-corrected chi connectivity index (χ1v) is 5.95. The van der Waals surface area contributed by atoms with Gasteiger partial charge >= 0.3 is 0 Å². The second-order valence-electron chi connectivity index (χ2n) is 2.46. The second kappa shape index (κ2) is 3.70. The average molecular weight is 167 g/mol. The normalized spacial score (nSPS) is 11.3. The largest absolute Gasteiger partial charge is 0.368 e. The molecule has 54 valence electrons. The van der Waals surface area contributed by atoms with Crippen molar-refractivity contribution in [2.24, 2.45) is 0 Å². The Kier molecular flexibility index (Phi) is 2.86. The van der Waals surface area contributed by atoms with E-state index in [4.69, 9.17) is 0 Å². The van der Waals surface area contributed by atoms with Crippen molar-refractivity contribution in [1.82, 2.24) is 4.65 Å². The zero-order valence-electron chi connectivity index (χ0n) is 6.52. The van der Waals surface area contributed by atoms with Gasteiger partial charge in [-0.1, -0.05) is 29.8 Å². The lowest BCUT2D eigenvalue weighted by atomic mass is 10.2. The quantitative estimate of drug-likeness (QED) is 0.533. The van der Waals surface area contributed by atoms with Crippen LogP contribution in [0.4, 0.5) is 0 Å². The molecule has 0 aliphatic heterocycles. The molecule has 0 saturated carbocycles. The van der Waals surface area contributed by atoms with Crippen LogP contribution >= 0.6 is 0 Å². The fourth-order valence-electron chi connectivity index (χ4n) is 0.999. The summed E-state index contributed by atoms with van der Waals surface area (Å²) in [6.45, 7) is 2.18. The lowest BCUT2D eigenvalue weighted by Crippen LogP contribution is -2.29. The molecular weight excluding hydrogens is 154 g/mol. The Balaban J connectivity index is 2.81. The third kappa shape index (κ3) is 1.80. The molecule has 3 heteroatoms. The van der Waals surface area contributed by atoms with E-state index in [2.05, 4.69) is 35.8 Å². The van der Waals surface area contributed by atoms with E-state index >= 15 is 0 Å². The Bertz CT molecular complexity index is 213. The van der Waals surface area contributed by atoms with Gasteiger partial charge in [0, 0.05) is 0 Å². The minimum absolute atomic E-state index is 0.118. The van der Waals surface area contributed by atoms with Gasteiger partial charge in [0.15, 0.2) is 0 Å². The lowest BCUT2D eigenvalue weighted by Gasteiger charge is -2.01. The summed E-state index contributed by atoms with van der Waals surface area (Å²) in [6, 6.07) is 8.63. The first-order chi connectivity index (χ1) is 4.84. The number of nitrogens with one attached hydrogen (secondary N) is 1. The molecule has 0 atom stereocenters. The van der Waals surface area contributed by atoms with E-state index in [0.717, 1.165) is 10.4 Å². The molecule has 0 heterocycles. The van der Waals surface area contributed by atoms with Crippen molar-refractivity contribution in [3.05, 3.63) is 29.8 Å². The summed E-state index contributed by atoms with van der Waals surface area (Å²) in [6.07, 6.45) is 0. The molecule has 0 aliphatic carbocycles. The van der Waals surface area contributed by atoms with Gasteiger partial charge in [-0.05, 0) is 12.1 Å². The fourth-order valence-corrected chi connectivity index (χ4v) is 3.17. The van der Waals surface area contributed by atoms with Gasteiger partial charge < -0.3 is 4.65 Å². The number of aryl methyl sites for hydroxylation is 1. The zero-order valence-corrected chi connectivity index (χ0v) is 9.93. The minimum Gasteiger partial charge on any atom is -0.368 e. The monoisotopic (exact) mass is 167 g/mol. The summed E-state index contributed by atoms with van der Waals surface area (Å²) in [4.78, 5) is 0. The number of hydrogen-bond donors (Lipinski definition) is 1. The number of hydrogen-bond acceptors (Lipinski definition) is 1. The van der Waals surface area contributed by atoms with Crippen molar-refractivity contribution in [2.75, 3.05) is 0 Å². The Morgan fingerprint density at radius 1 is 1.40 bits per heavy atom. The molecule has 1 N–H and O–H groups in total. The smallest absolute Gasteiger partial charge is 0.117 e. The lowest BCUT2D eigenvalue weighted by molar-refractivity contribution is 1.50. The summed E-state index contributed by atoms with van der Waals surface area (Å²) >= 11 is 0. The van der Waals surface area contributed by atoms with Crippen LogP contribution < -0.4 is 9.83 Å². The van der Waals surface area contributed by atoms with Crippen molar-refractivity contribution in [3.8, 4) is 0 Å². The molecule has 0 aliphatic rings. The Morgan fingerprint density at radius 2 is 2.10 bits per heavy atom. The van der Waals surface area contributed by atoms with Crippen molar-refractivity contribution in [2.45, 2.75) is 6.92 Å². The van der Waals surface area contributed by atoms with Crippen LogP contribution in [0.1, 0.15) is 5.56 Å². The third-order valence-electron chi connectivity index (χ3n) is 1.63. The van der Waals surface area contributed by atoms with Crippen LogP contribution in [0.25, 0.3) is 0 Å². The van der Waals surface area contributed by atoms with Gasteiger partial charge in [0.25, 0.3) is 0 Å². The van der Waals surface area contributed by atoms with Crippen LogP contribution in [0.3, 0.4) is 0 Å². The first-order valence-electron chi connectivity index (χ1n) is 3.53. The van der Waals surface area contributed by atoms with Gasteiger partial charge in [-0.25, -0.2) is 0 Å². The predicted molar refractivity (Wildman–Crippen MR) is 52.4 cm³/mol. The molecule has 0 saturated heterocycles. The molecule has 0 bridgehead atoms. The molecule has 1 aromatic carbocycles. The molecule has 1 aromatic rings. The van der Waals surface area contributed by atoms with Gasteiger partial charge in [-0.3, -0.25) is 0 Å². The molecule has 10 heavy (non-hydrogen) atoms. The van der Waals surface area contributed by atoms with Crippen LogP contribution in [-0.2, 0) is 0 Å². The van der Waals surface area contributed by atoms with Gasteiger partial charge in [-0.15, -0.1) is 0 Å². The molecule has 0 fully saturated rings. The second-order valence-corrected chi connectivity index (χ2v) is 6.40. The summed E-state index contributed by atoms with van der Waals surface area (Å²) in [7, 11) is 1.02. The summed E-state index contributed by atoms with van der Waals surface area (Å²) in [5.41, 5.74) is 1.44. The summed E-state index contributed by atoms with van der Waals surface area (Å²) in [5.74, 6) is 0. The molecular formula is C7H13NSi2. The standard InChI is InChI=1S/C7H13NSi2/c1-6-4-2-3-5-7(6)10-8-9/h2-5,8H,10H2,1,9H3. The predicted octanol–water partition coefficient (Wildman–Crippen LogP) is -1.43. The maximum atomic E-state index is 3.40. The van der Waals surface area contributed by atoms with Crippen molar-refractivity contribution >= 4 is 25.3 Å². The van der Waals surface area contributed by atoms with E-state index in [1.807, 2.05) is 0 Å². The molecule has 0 radical (unpaired) electrons. The van der Waals surface area contributed by atoms with Gasteiger partial charge in [-0.2, -0.15) is 0 Å². The van der Waals surface area contributed by atoms with E-state index in [0.29, 0.717) is 0 Å². The highest BCUT2D eigenvalue weighted by Gasteiger charge is 1.92. The van der Waals surface area contributed by atoms with Crippen molar-refractivity contribution < 1.29 is 0 Å². The fraction of sp³-hybridized carbons (Fsp3) is 0.143. The first kappa shape index (κ1) is 7.72. The van der Waals surface area contributed by atoms with Crippen LogP contribution in [0.5, 0.6) is 0 Å². The van der Waals surface area contributed by atoms with Crippen LogP contribution in [-0.4, -0.2) is 20.1 Å². The molecule has 0 spiro atoms. The van der Waals surface area contributed by atoms with Gasteiger partial charge in [0.2, 0.25) is 0 Å². The Morgan fingerprint density at radius 3 is 2.70 bits per heavy atom. The van der Waals surface area contributed by atoms with Crippen LogP contribution in [0, 0.1) is 6.92 Å². The van der Waals surface area contributed by atoms with Crippen LogP contribution in [0.2, 0.25) is 0 Å². The highest BCUT2D eigenvalue weighted by molar-refractivity contribution is 6.56. The Labute approximate surface area is 67.3 Å². The Hall–Kier alpha value is -0.386. The van der Waals surface area contributed by atoms with Gasteiger partial charge in [0.1, 0.15) is 9.68 Å². The van der Waals surface area contributed by atoms with E-state index < -0.39 is 0 Å². The number of rotatable bonds is 2. The summed E-state index contributed by atoms with van der Waals surface area (Å²) in [5, 5.41) is 1.55. The topological polar surface area (TPSA) is 12.0 Å². The van der Waals surface area contributed by atoms with Crippen molar-refractivity contribution in [1.29, 1.82) is 0 Å². The molecule has 0 amide bonds. The van der Waals surface area contributed by atoms with E-state index in [-0.39, 0.29) is 9.68 Å². The van der Waals surface area contributed by atoms with Crippen molar-refractivity contribution in [3.63, 3.8) is 0 Å². The maximum Gasteiger partial charge on any atom is 0.117 e. The van der Waals surface area contributed by atoms with E-state index in [1.165, 1.54) is 5.56 Å². The SMILES string of the molecule is Cc1ccccc1[SiH2]N[SiH3]. The average Bonchev–Trinajstić information content (AvgIpc) is 1.94. The van der Waals surface area contributed by atoms with E-state index in [1.54, 1.807) is 5.19 Å². The number of benzene rings is 1. The van der Waals surface area contributed by atoms with Gasteiger partial charge in [0.05, 0.1) is 10.4 Å². The van der Waals surface area contributed by atoms with Crippen LogP contribution in [0.15, 0.2) is 24.3 Å². The zero-order chi connectivity index (χ0) is 7.40. The third-order valence-corrected chi connectivity index (χ3v) is 4.22. The maximum absolute atomic E-state index is 3.40. The molecule has 1 rings (SSSR count). The highest BCUT2D eigenvalue weighted by atomic mass is 28.3. The van der Waals surface area contributed by atoms with E-state index in [9.17, 15) is 0 Å². The highest BCUT2D eigenvalue weighted by Crippen LogP contribution is 1.90.